The number of carbonyl (C=O) groups excluding carboxylic acids is 1. The van der Waals surface area contributed by atoms with Gasteiger partial charge in [-0.25, -0.2) is 0 Å². The second-order valence-corrected chi connectivity index (χ2v) is 5.59. The number of hydrogen-bond acceptors (Lipinski definition) is 7. The molecular formula is C17H19N3O6. The predicted octanol–water partition coefficient (Wildman–Crippen LogP) is 1.90. The molecule has 0 spiro atoms. The van der Waals surface area contributed by atoms with E-state index in [0.29, 0.717) is 6.61 Å². The van der Waals surface area contributed by atoms with Crippen molar-refractivity contribution in [2.45, 2.75) is 25.9 Å². The molecule has 9 heteroatoms. The first-order valence-electron chi connectivity index (χ1n) is 8.12. The minimum atomic E-state index is -0.765. The van der Waals surface area contributed by atoms with Crippen molar-refractivity contribution >= 4 is 17.7 Å². The highest BCUT2D eigenvalue weighted by molar-refractivity contribution is 6.01. The van der Waals surface area contributed by atoms with Crippen LogP contribution in [0.5, 0.6) is 11.5 Å². The highest BCUT2D eigenvalue weighted by Crippen LogP contribution is 2.37. The van der Waals surface area contributed by atoms with Crippen LogP contribution in [-0.2, 0) is 9.53 Å². The summed E-state index contributed by atoms with van der Waals surface area (Å²) in [5, 5.41) is 32.8. The van der Waals surface area contributed by atoms with Crippen molar-refractivity contribution in [1.29, 1.82) is 5.26 Å². The Balaban J connectivity index is 2.24. The lowest BCUT2D eigenvalue weighted by molar-refractivity contribution is -0.386. The van der Waals surface area contributed by atoms with E-state index in [-0.39, 0.29) is 36.1 Å². The topological polar surface area (TPSA) is 135 Å². The number of nitrogens with zero attached hydrogens (tertiary/aromatic N) is 2. The fraction of sp³-hybridized carbons (Fsp3) is 0.412. The highest BCUT2D eigenvalue weighted by atomic mass is 16.6. The lowest BCUT2D eigenvalue weighted by Gasteiger charge is -2.10. The predicted molar refractivity (Wildman–Crippen MR) is 91.5 cm³/mol. The number of ether oxygens (including phenoxy) is 2. The molecule has 0 saturated carbocycles. The van der Waals surface area contributed by atoms with Crippen LogP contribution in [0.3, 0.4) is 0 Å². The van der Waals surface area contributed by atoms with Gasteiger partial charge in [0, 0.05) is 19.2 Å². The summed E-state index contributed by atoms with van der Waals surface area (Å²) in [5.41, 5.74) is -0.591. The molecule has 1 heterocycles. The number of amides is 1. The van der Waals surface area contributed by atoms with Crippen LogP contribution in [-0.4, -0.2) is 41.8 Å². The Kier molecular flexibility index (Phi) is 6.52. The number of nitriles is 1. The maximum absolute atomic E-state index is 12.2. The van der Waals surface area contributed by atoms with Gasteiger partial charge in [-0.1, -0.05) is 0 Å². The van der Waals surface area contributed by atoms with E-state index in [1.807, 2.05) is 0 Å². The van der Waals surface area contributed by atoms with E-state index in [4.69, 9.17) is 9.47 Å². The van der Waals surface area contributed by atoms with Crippen molar-refractivity contribution in [3.8, 4) is 17.6 Å². The lowest BCUT2D eigenvalue weighted by atomic mass is 10.1. The molecule has 0 aromatic heterocycles. The summed E-state index contributed by atoms with van der Waals surface area (Å²) >= 11 is 0. The Morgan fingerprint density at radius 2 is 2.38 bits per heavy atom. The molecule has 1 atom stereocenters. The van der Waals surface area contributed by atoms with Crippen molar-refractivity contribution in [3.05, 3.63) is 33.4 Å². The summed E-state index contributed by atoms with van der Waals surface area (Å²) in [6, 6.07) is 4.18. The van der Waals surface area contributed by atoms with E-state index in [1.54, 1.807) is 13.0 Å². The van der Waals surface area contributed by atoms with Crippen LogP contribution in [0.4, 0.5) is 5.69 Å². The van der Waals surface area contributed by atoms with E-state index < -0.39 is 22.3 Å². The van der Waals surface area contributed by atoms with Crippen molar-refractivity contribution in [3.63, 3.8) is 0 Å². The molecule has 1 aliphatic rings. The van der Waals surface area contributed by atoms with Gasteiger partial charge < -0.3 is 19.9 Å². The summed E-state index contributed by atoms with van der Waals surface area (Å²) in [7, 11) is 0. The van der Waals surface area contributed by atoms with Gasteiger partial charge in [-0.15, -0.1) is 0 Å². The van der Waals surface area contributed by atoms with E-state index in [2.05, 4.69) is 5.32 Å². The van der Waals surface area contributed by atoms with Crippen LogP contribution >= 0.6 is 0 Å². The van der Waals surface area contributed by atoms with Gasteiger partial charge in [0.2, 0.25) is 5.75 Å². The number of carbonyl (C=O) groups is 1. The largest absolute Gasteiger partial charge is 0.500 e. The van der Waals surface area contributed by atoms with Gasteiger partial charge in [-0.05, 0) is 37.5 Å². The molecule has 1 unspecified atom stereocenters. The second kappa shape index (κ2) is 8.82. The number of benzene rings is 1. The van der Waals surface area contributed by atoms with Crippen LogP contribution in [0.2, 0.25) is 0 Å². The molecule has 1 saturated heterocycles. The first-order valence-corrected chi connectivity index (χ1v) is 8.12. The van der Waals surface area contributed by atoms with Crippen molar-refractivity contribution < 1.29 is 24.3 Å². The van der Waals surface area contributed by atoms with Gasteiger partial charge in [0.15, 0.2) is 5.75 Å². The monoisotopic (exact) mass is 361 g/mol. The zero-order valence-electron chi connectivity index (χ0n) is 14.2. The first kappa shape index (κ1) is 19.2. The third-order valence-corrected chi connectivity index (χ3v) is 3.76. The summed E-state index contributed by atoms with van der Waals surface area (Å²) < 4.78 is 10.6. The maximum atomic E-state index is 12.2. The summed E-state index contributed by atoms with van der Waals surface area (Å²) in [5.74, 6) is -1.29. The van der Waals surface area contributed by atoms with Gasteiger partial charge >= 0.3 is 5.69 Å². The summed E-state index contributed by atoms with van der Waals surface area (Å²) in [6.07, 6.45) is 2.91. The van der Waals surface area contributed by atoms with Gasteiger partial charge in [0.25, 0.3) is 5.91 Å². The minimum absolute atomic E-state index is 0.0711. The van der Waals surface area contributed by atoms with E-state index in [9.17, 15) is 25.3 Å². The van der Waals surface area contributed by atoms with Gasteiger partial charge in [0.05, 0.1) is 17.6 Å². The van der Waals surface area contributed by atoms with Crippen LogP contribution in [0, 0.1) is 21.4 Å². The van der Waals surface area contributed by atoms with Gasteiger partial charge in [-0.2, -0.15) is 5.26 Å². The fourth-order valence-electron chi connectivity index (χ4n) is 2.52. The van der Waals surface area contributed by atoms with E-state index in [0.717, 1.165) is 18.9 Å². The number of nitrogens with one attached hydrogen (secondary N) is 1. The van der Waals surface area contributed by atoms with Gasteiger partial charge in [0.1, 0.15) is 11.6 Å². The minimum Gasteiger partial charge on any atom is -0.500 e. The maximum Gasteiger partial charge on any atom is 0.315 e. The smallest absolute Gasteiger partial charge is 0.315 e. The SMILES string of the molecule is CCOc1cc(/C=C(\C#N)C(=O)NCC2CCCO2)cc([N+](=O)[O-])c1O. The third kappa shape index (κ3) is 4.70. The normalized spacial score (nSPS) is 16.8. The molecule has 138 valence electrons. The zero-order valence-corrected chi connectivity index (χ0v) is 14.2. The van der Waals surface area contributed by atoms with Crippen LogP contribution in [0.15, 0.2) is 17.7 Å². The quantitative estimate of drug-likeness (QED) is 0.328. The van der Waals surface area contributed by atoms with Crippen LogP contribution in [0.25, 0.3) is 6.08 Å². The highest BCUT2D eigenvalue weighted by Gasteiger charge is 2.21. The number of nitro groups is 1. The molecule has 26 heavy (non-hydrogen) atoms. The van der Waals surface area contributed by atoms with Gasteiger partial charge in [-0.3, -0.25) is 14.9 Å². The Morgan fingerprint density at radius 1 is 1.62 bits per heavy atom. The Hall–Kier alpha value is -3.12. The van der Waals surface area contributed by atoms with Crippen LogP contribution < -0.4 is 10.1 Å². The molecule has 9 nitrogen and oxygen atoms in total. The van der Waals surface area contributed by atoms with Crippen LogP contribution in [0.1, 0.15) is 25.3 Å². The van der Waals surface area contributed by atoms with Crippen molar-refractivity contribution in [1.82, 2.24) is 5.32 Å². The zero-order chi connectivity index (χ0) is 19.1. The van der Waals surface area contributed by atoms with Crippen molar-refractivity contribution in [2.24, 2.45) is 0 Å². The molecule has 1 fully saturated rings. The lowest BCUT2D eigenvalue weighted by Crippen LogP contribution is -2.32. The standard InChI is InChI=1S/C17H19N3O6/c1-2-25-15-8-11(7-14(16(15)21)20(23)24)6-12(9-18)17(22)19-10-13-4-3-5-26-13/h6-8,13,21H,2-5,10H2,1H3,(H,19,22)/b12-6+. The van der Waals surface area contributed by atoms with E-state index in [1.165, 1.54) is 12.1 Å². The molecular weight excluding hydrogens is 342 g/mol. The molecule has 0 aliphatic carbocycles. The number of hydrogen-bond donors (Lipinski definition) is 2. The molecule has 2 rings (SSSR count). The average Bonchev–Trinajstić information content (AvgIpc) is 3.13. The molecule has 2 N–H and O–H groups in total. The summed E-state index contributed by atoms with van der Waals surface area (Å²) in [4.78, 5) is 22.5. The molecule has 0 radical (unpaired) electrons. The molecule has 1 aromatic rings. The second-order valence-electron chi connectivity index (χ2n) is 5.59. The number of phenolic OH excluding ortho intramolecular Hbond substituents is 1. The number of aromatic hydroxyl groups is 1. The number of phenols is 1. The molecule has 0 bridgehead atoms. The molecule has 1 aliphatic heterocycles. The molecule has 1 aromatic carbocycles. The Morgan fingerprint density at radius 3 is 2.96 bits per heavy atom. The Bertz CT molecular complexity index is 762. The average molecular weight is 361 g/mol. The Labute approximate surface area is 150 Å². The number of nitro benzene ring substituents is 1. The van der Waals surface area contributed by atoms with E-state index >= 15 is 0 Å². The first-order chi connectivity index (χ1) is 12.5. The van der Waals surface area contributed by atoms with Crippen molar-refractivity contribution in [2.75, 3.05) is 19.8 Å². The molecule has 1 amide bonds. The fourth-order valence-corrected chi connectivity index (χ4v) is 2.52. The number of rotatable bonds is 7. The third-order valence-electron chi connectivity index (χ3n) is 3.76. The summed E-state index contributed by atoms with van der Waals surface area (Å²) in [6.45, 7) is 2.79.